The van der Waals surface area contributed by atoms with Crippen molar-refractivity contribution in [3.05, 3.63) is 46.6 Å². The van der Waals surface area contributed by atoms with Crippen LogP contribution in [-0.2, 0) is 27.4 Å². The highest BCUT2D eigenvalue weighted by molar-refractivity contribution is 7.89. The molecule has 1 aromatic heterocycles. The molecule has 0 amide bonds. The third kappa shape index (κ3) is 9.31. The highest BCUT2D eigenvalue weighted by atomic mass is 35.5. The van der Waals surface area contributed by atoms with Gasteiger partial charge in [0.05, 0.1) is 17.9 Å². The summed E-state index contributed by atoms with van der Waals surface area (Å²) in [7, 11) is -1.92. The minimum atomic E-state index is -4.59. The Morgan fingerprint density at radius 1 is 1.14 bits per heavy atom. The minimum Gasteiger partial charge on any atom is -0.491 e. The predicted octanol–water partition coefficient (Wildman–Crippen LogP) is 6.00. The normalized spacial score (nSPS) is 18.5. The van der Waals surface area contributed by atoms with Gasteiger partial charge < -0.3 is 14.2 Å². The molecule has 2 aromatic rings. The fourth-order valence-electron chi connectivity index (χ4n) is 4.07. The number of pyridine rings is 1. The first kappa shape index (κ1) is 29.5. The van der Waals surface area contributed by atoms with Gasteiger partial charge in [0.2, 0.25) is 15.9 Å². The zero-order valence-electron chi connectivity index (χ0n) is 20.8. The maximum Gasteiger partial charge on any atom is 0.417 e. The lowest BCUT2D eigenvalue weighted by molar-refractivity contribution is -0.137. The quantitative estimate of drug-likeness (QED) is 0.318. The van der Waals surface area contributed by atoms with Crippen molar-refractivity contribution in [2.75, 3.05) is 26.1 Å². The molecule has 0 atom stereocenters. The van der Waals surface area contributed by atoms with Crippen LogP contribution in [0, 0.1) is 5.92 Å². The standard InChI is InChI=1S/C25H32ClF3N2O5S/c1-17-5-8-20(9-6-17)31-37(32,33)13-3-4-18-7-10-21(35-12-11-34-2)15-23(18)36-24-22(26)14-19(16-30-24)25(27,28)29/h7,10,14-17,20,31H,3-6,8-9,11-13H2,1-2H3. The molecule has 1 N–H and O–H groups in total. The first-order chi connectivity index (χ1) is 17.5. The zero-order valence-corrected chi connectivity index (χ0v) is 22.4. The van der Waals surface area contributed by atoms with Crippen LogP contribution in [0.25, 0.3) is 0 Å². The Bertz CT molecular complexity index is 1140. The van der Waals surface area contributed by atoms with Crippen LogP contribution >= 0.6 is 11.6 Å². The Morgan fingerprint density at radius 3 is 2.51 bits per heavy atom. The van der Waals surface area contributed by atoms with Crippen molar-refractivity contribution in [1.82, 2.24) is 9.71 Å². The third-order valence-corrected chi connectivity index (χ3v) is 7.95. The fraction of sp³-hybridized carbons (Fsp3) is 0.560. The Balaban J connectivity index is 1.71. The van der Waals surface area contributed by atoms with E-state index in [1.807, 2.05) is 0 Å². The van der Waals surface area contributed by atoms with Gasteiger partial charge in [-0.2, -0.15) is 13.2 Å². The first-order valence-electron chi connectivity index (χ1n) is 12.1. The van der Waals surface area contributed by atoms with Gasteiger partial charge in [0.15, 0.2) is 0 Å². The minimum absolute atomic E-state index is 0.0310. The molecule has 1 heterocycles. The second-order valence-electron chi connectivity index (χ2n) is 9.22. The molecule has 1 fully saturated rings. The fourth-order valence-corrected chi connectivity index (χ4v) is 5.66. The molecule has 0 bridgehead atoms. The summed E-state index contributed by atoms with van der Waals surface area (Å²) in [5.74, 6) is 1.05. The summed E-state index contributed by atoms with van der Waals surface area (Å²) in [6.07, 6.45) is 0.393. The van der Waals surface area contributed by atoms with E-state index in [-0.39, 0.29) is 35.1 Å². The summed E-state index contributed by atoms with van der Waals surface area (Å²) >= 11 is 6.02. The van der Waals surface area contributed by atoms with E-state index in [0.29, 0.717) is 42.9 Å². The van der Waals surface area contributed by atoms with Gasteiger partial charge in [0.25, 0.3) is 0 Å². The number of sulfonamides is 1. The van der Waals surface area contributed by atoms with E-state index in [1.165, 1.54) is 7.11 Å². The van der Waals surface area contributed by atoms with E-state index in [2.05, 4.69) is 16.6 Å². The summed E-state index contributed by atoms with van der Waals surface area (Å²) in [6, 6.07) is 5.70. The van der Waals surface area contributed by atoms with Crippen LogP contribution in [0.2, 0.25) is 5.02 Å². The number of ether oxygens (including phenoxy) is 3. The van der Waals surface area contributed by atoms with E-state index < -0.39 is 21.8 Å². The Hall–Kier alpha value is -2.08. The molecule has 1 aliphatic carbocycles. The molecular weight excluding hydrogens is 533 g/mol. The molecule has 0 aliphatic heterocycles. The van der Waals surface area contributed by atoms with Gasteiger partial charge in [-0.05, 0) is 62.1 Å². The van der Waals surface area contributed by atoms with E-state index >= 15 is 0 Å². The van der Waals surface area contributed by atoms with Crippen molar-refractivity contribution >= 4 is 21.6 Å². The third-order valence-electron chi connectivity index (χ3n) is 6.16. The molecule has 7 nitrogen and oxygen atoms in total. The van der Waals surface area contributed by atoms with E-state index in [4.69, 9.17) is 25.8 Å². The summed E-state index contributed by atoms with van der Waals surface area (Å²) < 4.78 is 83.3. The highest BCUT2D eigenvalue weighted by Crippen LogP contribution is 2.36. The Labute approximate surface area is 220 Å². The van der Waals surface area contributed by atoms with Crippen LogP contribution in [-0.4, -0.2) is 45.5 Å². The van der Waals surface area contributed by atoms with Gasteiger partial charge in [0.1, 0.15) is 23.1 Å². The second-order valence-corrected chi connectivity index (χ2v) is 11.5. The van der Waals surface area contributed by atoms with Gasteiger partial charge >= 0.3 is 6.18 Å². The van der Waals surface area contributed by atoms with Gasteiger partial charge in [-0.1, -0.05) is 24.6 Å². The van der Waals surface area contributed by atoms with Crippen LogP contribution in [0.5, 0.6) is 17.4 Å². The molecule has 0 unspecified atom stereocenters. The number of alkyl halides is 3. The van der Waals surface area contributed by atoms with E-state index in [0.717, 1.165) is 31.7 Å². The van der Waals surface area contributed by atoms with Crippen LogP contribution in [0.15, 0.2) is 30.5 Å². The van der Waals surface area contributed by atoms with Crippen LogP contribution < -0.4 is 14.2 Å². The molecule has 1 saturated carbocycles. The average molecular weight is 565 g/mol. The van der Waals surface area contributed by atoms with Crippen LogP contribution in [0.1, 0.15) is 50.2 Å². The number of halogens is 4. The number of benzene rings is 1. The number of hydrogen-bond acceptors (Lipinski definition) is 6. The van der Waals surface area contributed by atoms with Gasteiger partial charge in [-0.3, -0.25) is 0 Å². The summed E-state index contributed by atoms with van der Waals surface area (Å²) in [5, 5.41) is -0.306. The number of methoxy groups -OCH3 is 1. The zero-order chi connectivity index (χ0) is 27.1. The first-order valence-corrected chi connectivity index (χ1v) is 14.1. The number of aryl methyl sites for hydroxylation is 1. The van der Waals surface area contributed by atoms with E-state index in [9.17, 15) is 21.6 Å². The Kier molecular flexibility index (Phi) is 10.5. The molecule has 12 heteroatoms. The smallest absolute Gasteiger partial charge is 0.417 e. The van der Waals surface area contributed by atoms with Gasteiger partial charge in [0, 0.05) is 25.4 Å². The molecule has 0 saturated heterocycles. The van der Waals surface area contributed by atoms with Crippen molar-refractivity contribution in [3.8, 4) is 17.4 Å². The predicted molar refractivity (Wildman–Crippen MR) is 135 cm³/mol. The molecule has 0 spiro atoms. The molecular formula is C25H32ClF3N2O5S. The average Bonchev–Trinajstić information content (AvgIpc) is 2.82. The van der Waals surface area contributed by atoms with Crippen LogP contribution in [0.3, 0.4) is 0 Å². The molecule has 37 heavy (non-hydrogen) atoms. The Morgan fingerprint density at radius 2 is 1.86 bits per heavy atom. The molecule has 0 radical (unpaired) electrons. The molecule has 1 aromatic carbocycles. The maximum absolute atomic E-state index is 13.0. The molecule has 206 valence electrons. The topological polar surface area (TPSA) is 86.8 Å². The van der Waals surface area contributed by atoms with Gasteiger partial charge in [-0.15, -0.1) is 0 Å². The monoisotopic (exact) mass is 564 g/mol. The SMILES string of the molecule is COCCOc1ccc(CCCS(=O)(=O)NC2CCC(C)CC2)c(Oc2ncc(C(F)(F)F)cc2Cl)c1. The van der Waals surface area contributed by atoms with Crippen molar-refractivity contribution in [1.29, 1.82) is 0 Å². The highest BCUT2D eigenvalue weighted by Gasteiger charge is 2.32. The lowest BCUT2D eigenvalue weighted by Gasteiger charge is -2.26. The number of rotatable bonds is 12. The lowest BCUT2D eigenvalue weighted by atomic mass is 9.88. The second kappa shape index (κ2) is 13.1. The number of nitrogens with zero attached hydrogens (tertiary/aromatic N) is 1. The van der Waals surface area contributed by atoms with Crippen molar-refractivity contribution in [2.24, 2.45) is 5.92 Å². The number of hydrogen-bond donors (Lipinski definition) is 1. The van der Waals surface area contributed by atoms with E-state index in [1.54, 1.807) is 18.2 Å². The largest absolute Gasteiger partial charge is 0.491 e. The lowest BCUT2D eigenvalue weighted by Crippen LogP contribution is -2.38. The van der Waals surface area contributed by atoms with Crippen LogP contribution in [0.4, 0.5) is 13.2 Å². The molecule has 1 aliphatic rings. The van der Waals surface area contributed by atoms with Crippen molar-refractivity contribution in [2.45, 2.75) is 57.7 Å². The van der Waals surface area contributed by atoms with Gasteiger partial charge in [-0.25, -0.2) is 18.1 Å². The molecule has 3 rings (SSSR count). The maximum atomic E-state index is 13.0. The summed E-state index contributed by atoms with van der Waals surface area (Å²) in [4.78, 5) is 3.74. The summed E-state index contributed by atoms with van der Waals surface area (Å²) in [5.41, 5.74) is -0.356. The number of nitrogens with one attached hydrogen (secondary N) is 1. The number of aromatic nitrogens is 1. The summed E-state index contributed by atoms with van der Waals surface area (Å²) in [6.45, 7) is 2.80. The van der Waals surface area contributed by atoms with Crippen molar-refractivity contribution in [3.63, 3.8) is 0 Å². The van der Waals surface area contributed by atoms with Crippen molar-refractivity contribution < 1.29 is 35.8 Å².